The number of nitrogens with one attached hydrogen (secondary N) is 2. The van der Waals surface area contributed by atoms with Crippen LogP contribution in [0.15, 0.2) is 24.3 Å². The first kappa shape index (κ1) is 18.3. The van der Waals surface area contributed by atoms with Gasteiger partial charge in [0.25, 0.3) is 5.91 Å². The predicted molar refractivity (Wildman–Crippen MR) is 86.7 cm³/mol. The van der Waals surface area contributed by atoms with Crippen LogP contribution in [0.4, 0.5) is 0 Å². The largest absolute Gasteiger partial charge is 0.550 e. The number of halogens is 1. The van der Waals surface area contributed by atoms with Gasteiger partial charge in [0.2, 0.25) is 5.91 Å². The molecule has 0 spiro atoms. The summed E-state index contributed by atoms with van der Waals surface area (Å²) < 4.78 is 0. The minimum Gasteiger partial charge on any atom is -0.550 e. The lowest BCUT2D eigenvalue weighted by molar-refractivity contribution is -0.323. The maximum Gasteiger partial charge on any atom is 0.271 e. The summed E-state index contributed by atoms with van der Waals surface area (Å²) in [6, 6.07) is 6.47. The van der Waals surface area contributed by atoms with Crippen molar-refractivity contribution >= 4 is 29.4 Å². The zero-order valence-corrected chi connectivity index (χ0v) is 14.6. The van der Waals surface area contributed by atoms with Crippen LogP contribution in [0.2, 0.25) is 5.02 Å². The van der Waals surface area contributed by atoms with Gasteiger partial charge in [-0.1, -0.05) is 44.5 Å². The quantitative estimate of drug-likeness (QED) is 0.802. The summed E-state index contributed by atoms with van der Waals surface area (Å²) in [6.45, 7) is 5.06. The van der Waals surface area contributed by atoms with Gasteiger partial charge in [0.05, 0.1) is 10.6 Å². The molecule has 2 N–H and O–H groups in total. The van der Waals surface area contributed by atoms with Crippen molar-refractivity contribution in [2.24, 2.45) is 16.7 Å². The number of carbonyl (C=O) groups excluding carboxylic acids is 3. The van der Waals surface area contributed by atoms with E-state index >= 15 is 0 Å². The molecule has 1 aliphatic carbocycles. The predicted octanol–water partition coefficient (Wildman–Crippen LogP) is 1.29. The molecule has 0 bridgehead atoms. The van der Waals surface area contributed by atoms with Gasteiger partial charge in [-0.15, -0.1) is 0 Å². The first-order valence-electron chi connectivity index (χ1n) is 7.67. The molecule has 2 rings (SSSR count). The van der Waals surface area contributed by atoms with Gasteiger partial charge < -0.3 is 9.90 Å². The van der Waals surface area contributed by atoms with E-state index in [2.05, 4.69) is 10.9 Å². The minimum atomic E-state index is -1.16. The van der Waals surface area contributed by atoms with Gasteiger partial charge in [-0.2, -0.15) is 0 Å². The smallest absolute Gasteiger partial charge is 0.271 e. The average molecular weight is 352 g/mol. The molecule has 0 radical (unpaired) electrons. The monoisotopic (exact) mass is 351 g/mol. The van der Waals surface area contributed by atoms with Gasteiger partial charge in [-0.25, -0.2) is 0 Å². The van der Waals surface area contributed by atoms with Crippen molar-refractivity contribution in [3.8, 4) is 0 Å². The standard InChI is InChI=1S/C17H21ClN2O4/c1-16(2)11(8-9-17(16,3)15(23)24)14(22)20-19-13(21)10-6-4-5-7-12(10)18/h4-7,11H,8-9H2,1-3H3,(H,19,21)(H,20,22)(H,23,24)/p-1/t11-,17+/m1/s1. The Kier molecular flexibility index (Phi) is 4.90. The van der Waals surface area contributed by atoms with Gasteiger partial charge in [0.15, 0.2) is 0 Å². The maximum atomic E-state index is 12.4. The van der Waals surface area contributed by atoms with Crippen LogP contribution >= 0.6 is 11.6 Å². The number of carboxylic acids is 1. The van der Waals surface area contributed by atoms with Crippen molar-refractivity contribution < 1.29 is 19.5 Å². The SMILES string of the molecule is CC1(C)[C@@H](C(=O)NNC(=O)c2ccccc2Cl)CC[C@@]1(C)C(=O)[O-]. The second-order valence-corrected chi connectivity index (χ2v) is 7.26. The molecule has 2 amide bonds. The van der Waals surface area contributed by atoms with Gasteiger partial charge in [-0.3, -0.25) is 20.4 Å². The summed E-state index contributed by atoms with van der Waals surface area (Å²) in [4.78, 5) is 36.0. The van der Waals surface area contributed by atoms with Gasteiger partial charge in [0, 0.05) is 17.3 Å². The number of aliphatic carboxylic acids is 1. The molecule has 6 nitrogen and oxygen atoms in total. The van der Waals surface area contributed by atoms with Crippen LogP contribution < -0.4 is 16.0 Å². The summed E-state index contributed by atoms with van der Waals surface area (Å²) >= 11 is 5.93. The lowest BCUT2D eigenvalue weighted by atomic mass is 9.65. The highest BCUT2D eigenvalue weighted by Gasteiger charge is 2.54. The Morgan fingerprint density at radius 3 is 2.33 bits per heavy atom. The molecule has 1 aliphatic rings. The number of carboxylic acid groups (broad SMARTS) is 1. The Balaban J connectivity index is 2.05. The molecule has 0 unspecified atom stereocenters. The van der Waals surface area contributed by atoms with Crippen LogP contribution in [0.1, 0.15) is 44.0 Å². The van der Waals surface area contributed by atoms with Gasteiger partial charge in [-0.05, 0) is 30.4 Å². The van der Waals surface area contributed by atoms with Crippen LogP contribution in [0, 0.1) is 16.7 Å². The Morgan fingerprint density at radius 2 is 1.79 bits per heavy atom. The zero-order valence-electron chi connectivity index (χ0n) is 13.8. The number of carbonyl (C=O) groups is 3. The van der Waals surface area contributed by atoms with Crippen molar-refractivity contribution in [2.75, 3.05) is 0 Å². The molecule has 130 valence electrons. The molecule has 0 aromatic heterocycles. The van der Waals surface area contributed by atoms with E-state index in [0.717, 1.165) is 0 Å². The molecular weight excluding hydrogens is 332 g/mol. The Bertz CT molecular complexity index is 689. The van der Waals surface area contributed by atoms with Crippen molar-refractivity contribution in [3.63, 3.8) is 0 Å². The topological polar surface area (TPSA) is 98.3 Å². The Labute approximate surface area is 145 Å². The summed E-state index contributed by atoms with van der Waals surface area (Å²) in [5, 5.41) is 11.7. The van der Waals surface area contributed by atoms with Crippen molar-refractivity contribution in [1.29, 1.82) is 0 Å². The molecule has 1 aromatic rings. The van der Waals surface area contributed by atoms with E-state index < -0.39 is 34.5 Å². The van der Waals surface area contributed by atoms with Crippen LogP contribution in [0.25, 0.3) is 0 Å². The van der Waals surface area contributed by atoms with E-state index in [9.17, 15) is 19.5 Å². The second kappa shape index (κ2) is 6.43. The van der Waals surface area contributed by atoms with Crippen molar-refractivity contribution in [1.82, 2.24) is 10.9 Å². The molecular formula is C17H20ClN2O4-. The van der Waals surface area contributed by atoms with Crippen molar-refractivity contribution in [2.45, 2.75) is 33.6 Å². The number of hydrogen-bond acceptors (Lipinski definition) is 4. The third kappa shape index (κ3) is 2.98. The number of hydrogen-bond donors (Lipinski definition) is 2. The highest BCUT2D eigenvalue weighted by Crippen LogP contribution is 2.55. The summed E-state index contributed by atoms with van der Waals surface area (Å²) in [5.74, 6) is -2.67. The fourth-order valence-corrected chi connectivity index (χ4v) is 3.46. The first-order valence-corrected chi connectivity index (χ1v) is 8.05. The summed E-state index contributed by atoms with van der Waals surface area (Å²) in [7, 11) is 0. The molecule has 0 aliphatic heterocycles. The Morgan fingerprint density at radius 1 is 1.17 bits per heavy atom. The van der Waals surface area contributed by atoms with Crippen molar-refractivity contribution in [3.05, 3.63) is 34.9 Å². The molecule has 1 aromatic carbocycles. The lowest BCUT2D eigenvalue weighted by Gasteiger charge is -2.41. The second-order valence-electron chi connectivity index (χ2n) is 6.86. The van der Waals surface area contributed by atoms with Crippen LogP contribution in [0.5, 0.6) is 0 Å². The fourth-order valence-electron chi connectivity index (χ4n) is 3.24. The molecule has 7 heteroatoms. The van der Waals surface area contributed by atoms with Crippen LogP contribution in [-0.4, -0.2) is 17.8 Å². The first-order chi connectivity index (χ1) is 11.1. The van der Waals surface area contributed by atoms with Crippen LogP contribution in [0.3, 0.4) is 0 Å². The number of hydrazine groups is 1. The summed E-state index contributed by atoms with van der Waals surface area (Å²) in [6.07, 6.45) is 0.754. The molecule has 1 fully saturated rings. The van der Waals surface area contributed by atoms with E-state index in [0.29, 0.717) is 12.8 Å². The number of benzene rings is 1. The third-order valence-electron chi connectivity index (χ3n) is 5.41. The molecule has 2 atom stereocenters. The van der Waals surface area contributed by atoms with Gasteiger partial charge >= 0.3 is 0 Å². The minimum absolute atomic E-state index is 0.240. The molecule has 1 saturated carbocycles. The lowest BCUT2D eigenvalue weighted by Crippen LogP contribution is -2.52. The van der Waals surface area contributed by atoms with E-state index in [4.69, 9.17) is 11.6 Å². The molecule has 0 heterocycles. The molecule has 0 saturated heterocycles. The van der Waals surface area contributed by atoms with E-state index in [1.54, 1.807) is 39.0 Å². The highest BCUT2D eigenvalue weighted by molar-refractivity contribution is 6.33. The maximum absolute atomic E-state index is 12.4. The zero-order chi connectivity index (χ0) is 18.1. The Hall–Kier alpha value is -2.08. The number of amides is 2. The van der Waals surface area contributed by atoms with E-state index in [-0.39, 0.29) is 10.6 Å². The van der Waals surface area contributed by atoms with Gasteiger partial charge in [0.1, 0.15) is 0 Å². The number of rotatable bonds is 3. The highest BCUT2D eigenvalue weighted by atomic mass is 35.5. The average Bonchev–Trinajstić information content (AvgIpc) is 2.76. The third-order valence-corrected chi connectivity index (χ3v) is 5.74. The fraction of sp³-hybridized carbons (Fsp3) is 0.471. The van der Waals surface area contributed by atoms with Crippen LogP contribution in [-0.2, 0) is 9.59 Å². The normalized spacial score (nSPS) is 25.1. The molecule has 24 heavy (non-hydrogen) atoms. The van der Waals surface area contributed by atoms with E-state index in [1.807, 2.05) is 0 Å². The summed E-state index contributed by atoms with van der Waals surface area (Å²) in [5.41, 5.74) is 3.04. The van der Waals surface area contributed by atoms with E-state index in [1.165, 1.54) is 6.07 Å².